The zero-order chi connectivity index (χ0) is 17.5. The van der Waals surface area contributed by atoms with Gasteiger partial charge in [-0.25, -0.2) is 9.59 Å². The van der Waals surface area contributed by atoms with Crippen LogP contribution < -0.4 is 10.1 Å². The van der Waals surface area contributed by atoms with Crippen molar-refractivity contribution in [1.29, 1.82) is 0 Å². The summed E-state index contributed by atoms with van der Waals surface area (Å²) in [5, 5.41) is 2.80. The van der Waals surface area contributed by atoms with Crippen LogP contribution >= 0.6 is 0 Å². The fourth-order valence-electron chi connectivity index (χ4n) is 2.48. The van der Waals surface area contributed by atoms with E-state index in [0.29, 0.717) is 17.8 Å². The number of esters is 2. The highest BCUT2D eigenvalue weighted by Crippen LogP contribution is 2.35. The molecule has 0 unspecified atom stereocenters. The Bertz CT molecular complexity index is 628. The number of hydrogen-bond acceptors (Lipinski definition) is 6. The van der Waals surface area contributed by atoms with E-state index >= 15 is 0 Å². The highest BCUT2D eigenvalue weighted by atomic mass is 16.5. The number of dihydropyridines is 1. The molecule has 24 heavy (non-hydrogen) atoms. The third-order valence-corrected chi connectivity index (χ3v) is 3.63. The summed E-state index contributed by atoms with van der Waals surface area (Å²) in [6.45, 7) is 2.66. The molecule has 2 rings (SSSR count). The van der Waals surface area contributed by atoms with Gasteiger partial charge in [0, 0.05) is 12.4 Å². The van der Waals surface area contributed by atoms with Gasteiger partial charge in [-0.2, -0.15) is 0 Å². The van der Waals surface area contributed by atoms with Crippen LogP contribution in [0.25, 0.3) is 0 Å². The van der Waals surface area contributed by atoms with Gasteiger partial charge in [-0.05, 0) is 24.1 Å². The van der Waals surface area contributed by atoms with E-state index in [4.69, 9.17) is 14.2 Å². The van der Waals surface area contributed by atoms with Crippen LogP contribution in [0.3, 0.4) is 0 Å². The normalized spacial score (nSPS) is 14.1. The molecule has 0 aliphatic carbocycles. The molecule has 1 heterocycles. The van der Waals surface area contributed by atoms with Gasteiger partial charge in [0.15, 0.2) is 0 Å². The van der Waals surface area contributed by atoms with E-state index in [9.17, 15) is 9.59 Å². The Hall–Kier alpha value is -2.76. The second-order valence-electron chi connectivity index (χ2n) is 5.20. The summed E-state index contributed by atoms with van der Waals surface area (Å²) in [5.74, 6) is -0.838. The molecule has 0 bridgehead atoms. The molecule has 6 heteroatoms. The summed E-state index contributed by atoms with van der Waals surface area (Å²) < 4.78 is 15.2. The maximum atomic E-state index is 12.1. The Balaban J connectivity index is 2.37. The Kier molecular flexibility index (Phi) is 6.01. The fourth-order valence-corrected chi connectivity index (χ4v) is 2.48. The molecule has 1 aliphatic rings. The van der Waals surface area contributed by atoms with Crippen LogP contribution in [-0.4, -0.2) is 32.8 Å². The second-order valence-corrected chi connectivity index (χ2v) is 5.20. The van der Waals surface area contributed by atoms with Crippen LogP contribution in [0.4, 0.5) is 0 Å². The minimum Gasteiger partial charge on any atom is -0.494 e. The van der Waals surface area contributed by atoms with Crippen molar-refractivity contribution < 1.29 is 23.8 Å². The number of rotatable bonds is 6. The molecule has 0 spiro atoms. The lowest BCUT2D eigenvalue weighted by Gasteiger charge is -2.24. The first-order chi connectivity index (χ1) is 11.6. The first kappa shape index (κ1) is 17.6. The van der Waals surface area contributed by atoms with Crippen LogP contribution in [0, 0.1) is 0 Å². The standard InChI is InChI=1S/C18H21NO5/c1-4-9-24-13-7-5-12(6-8-13)16-14(17(20)22-2)10-19-11-15(16)18(21)23-3/h5-8,10-11,16,19H,4,9H2,1-3H3. The van der Waals surface area contributed by atoms with E-state index in [0.717, 1.165) is 17.7 Å². The molecule has 0 saturated carbocycles. The lowest BCUT2D eigenvalue weighted by Crippen LogP contribution is -2.26. The van der Waals surface area contributed by atoms with Crippen molar-refractivity contribution in [3.63, 3.8) is 0 Å². The fraction of sp³-hybridized carbons (Fsp3) is 0.333. The Morgan fingerprint density at radius 1 is 1.00 bits per heavy atom. The molecule has 0 atom stereocenters. The number of carbonyl (C=O) groups excluding carboxylic acids is 2. The van der Waals surface area contributed by atoms with Gasteiger partial charge in [0.25, 0.3) is 0 Å². The smallest absolute Gasteiger partial charge is 0.336 e. The quantitative estimate of drug-likeness (QED) is 0.806. The van der Waals surface area contributed by atoms with Gasteiger partial charge in [-0.15, -0.1) is 0 Å². The molecule has 0 aromatic heterocycles. The van der Waals surface area contributed by atoms with E-state index in [2.05, 4.69) is 5.32 Å². The van der Waals surface area contributed by atoms with Crippen molar-refractivity contribution in [2.24, 2.45) is 0 Å². The largest absolute Gasteiger partial charge is 0.494 e. The number of carbonyl (C=O) groups is 2. The van der Waals surface area contributed by atoms with Gasteiger partial charge in [0.2, 0.25) is 0 Å². The molecule has 6 nitrogen and oxygen atoms in total. The molecule has 128 valence electrons. The number of methoxy groups -OCH3 is 2. The molecular formula is C18H21NO5. The predicted octanol–water partition coefficient (Wildman–Crippen LogP) is 2.28. The molecule has 0 amide bonds. The number of benzene rings is 1. The van der Waals surface area contributed by atoms with Crippen molar-refractivity contribution in [2.45, 2.75) is 19.3 Å². The third kappa shape index (κ3) is 3.76. The first-order valence-corrected chi connectivity index (χ1v) is 7.67. The number of nitrogens with one attached hydrogen (secondary N) is 1. The average Bonchev–Trinajstić information content (AvgIpc) is 2.64. The van der Waals surface area contributed by atoms with Gasteiger partial charge < -0.3 is 19.5 Å². The minimum atomic E-state index is -0.564. The van der Waals surface area contributed by atoms with Crippen molar-refractivity contribution in [3.05, 3.63) is 53.4 Å². The zero-order valence-electron chi connectivity index (χ0n) is 14.0. The van der Waals surface area contributed by atoms with Crippen LogP contribution in [-0.2, 0) is 19.1 Å². The van der Waals surface area contributed by atoms with Crippen molar-refractivity contribution in [3.8, 4) is 5.75 Å². The third-order valence-electron chi connectivity index (χ3n) is 3.63. The van der Waals surface area contributed by atoms with Crippen molar-refractivity contribution in [2.75, 3.05) is 20.8 Å². The lowest BCUT2D eigenvalue weighted by atomic mass is 9.83. The van der Waals surface area contributed by atoms with E-state index in [-0.39, 0.29) is 0 Å². The van der Waals surface area contributed by atoms with E-state index in [1.807, 2.05) is 31.2 Å². The average molecular weight is 331 g/mol. The van der Waals surface area contributed by atoms with Crippen molar-refractivity contribution >= 4 is 11.9 Å². The summed E-state index contributed by atoms with van der Waals surface area (Å²) >= 11 is 0. The highest BCUT2D eigenvalue weighted by molar-refractivity contribution is 5.98. The summed E-state index contributed by atoms with van der Waals surface area (Å²) in [6.07, 6.45) is 3.98. The second kappa shape index (κ2) is 8.19. The number of ether oxygens (including phenoxy) is 3. The van der Waals surface area contributed by atoms with Gasteiger partial charge in [0.05, 0.1) is 37.9 Å². The summed E-state index contributed by atoms with van der Waals surface area (Å²) in [4.78, 5) is 24.2. The molecular weight excluding hydrogens is 310 g/mol. The maximum absolute atomic E-state index is 12.1. The number of hydrogen-bond donors (Lipinski definition) is 1. The van der Waals surface area contributed by atoms with E-state index in [1.54, 1.807) is 0 Å². The van der Waals surface area contributed by atoms with Crippen LogP contribution in [0.2, 0.25) is 0 Å². The molecule has 0 radical (unpaired) electrons. The Morgan fingerprint density at radius 2 is 1.54 bits per heavy atom. The SMILES string of the molecule is CCCOc1ccc(C2C(C(=O)OC)=CNC=C2C(=O)OC)cc1. The molecule has 0 fully saturated rings. The van der Waals surface area contributed by atoms with Gasteiger partial charge in [-0.3, -0.25) is 0 Å². The van der Waals surface area contributed by atoms with Crippen LogP contribution in [0.15, 0.2) is 47.8 Å². The van der Waals surface area contributed by atoms with Gasteiger partial charge >= 0.3 is 11.9 Å². The first-order valence-electron chi connectivity index (χ1n) is 7.67. The molecule has 1 aromatic rings. The Morgan fingerprint density at radius 3 is 2.00 bits per heavy atom. The molecule has 1 N–H and O–H groups in total. The highest BCUT2D eigenvalue weighted by Gasteiger charge is 2.33. The van der Waals surface area contributed by atoms with E-state index < -0.39 is 17.9 Å². The molecule has 1 aromatic carbocycles. The Labute approximate surface area is 141 Å². The van der Waals surface area contributed by atoms with Crippen LogP contribution in [0.5, 0.6) is 5.75 Å². The minimum absolute atomic E-state index is 0.336. The van der Waals surface area contributed by atoms with Gasteiger partial charge in [-0.1, -0.05) is 19.1 Å². The zero-order valence-corrected chi connectivity index (χ0v) is 14.0. The monoisotopic (exact) mass is 331 g/mol. The van der Waals surface area contributed by atoms with E-state index in [1.165, 1.54) is 26.6 Å². The summed E-state index contributed by atoms with van der Waals surface area (Å²) in [6, 6.07) is 7.29. The summed E-state index contributed by atoms with van der Waals surface area (Å²) in [7, 11) is 2.61. The van der Waals surface area contributed by atoms with Gasteiger partial charge in [0.1, 0.15) is 5.75 Å². The topological polar surface area (TPSA) is 73.9 Å². The van der Waals surface area contributed by atoms with Crippen molar-refractivity contribution in [1.82, 2.24) is 5.32 Å². The molecule has 0 saturated heterocycles. The predicted molar refractivity (Wildman–Crippen MR) is 88.3 cm³/mol. The maximum Gasteiger partial charge on any atom is 0.336 e. The lowest BCUT2D eigenvalue weighted by molar-refractivity contribution is -0.137. The summed E-state index contributed by atoms with van der Waals surface area (Å²) in [5.41, 5.74) is 1.44. The molecule has 1 aliphatic heterocycles. The van der Waals surface area contributed by atoms with Crippen LogP contribution in [0.1, 0.15) is 24.8 Å².